The number of halogens is 1. The maximum Gasteiger partial charge on any atom is 0.325 e. The molecule has 1 atom stereocenters. The quantitative estimate of drug-likeness (QED) is 0.708. The van der Waals surface area contributed by atoms with Gasteiger partial charge in [-0.3, -0.25) is 4.79 Å². The fraction of sp³-hybridized carbons (Fsp3) is 0.889. The fourth-order valence-electron chi connectivity index (χ4n) is 1.15. The van der Waals surface area contributed by atoms with Gasteiger partial charge in [0.2, 0.25) is 0 Å². The van der Waals surface area contributed by atoms with Crippen LogP contribution in [0.2, 0.25) is 0 Å². The second-order valence-corrected chi connectivity index (χ2v) is 5.80. The van der Waals surface area contributed by atoms with Crippen molar-refractivity contribution in [3.8, 4) is 0 Å². The molecular formula is C9H18ClNO3S. The van der Waals surface area contributed by atoms with Crippen molar-refractivity contribution in [3.05, 3.63) is 0 Å². The lowest BCUT2D eigenvalue weighted by atomic mass is 10.2. The molecule has 0 radical (unpaired) electrons. The van der Waals surface area contributed by atoms with Crippen LogP contribution >= 0.6 is 12.4 Å². The van der Waals surface area contributed by atoms with Crippen LogP contribution in [0.5, 0.6) is 0 Å². The molecule has 4 nitrogen and oxygen atoms in total. The number of carbonyl (C=O) groups is 1. The molecule has 1 rings (SSSR count). The van der Waals surface area contributed by atoms with Crippen molar-refractivity contribution in [3.63, 3.8) is 0 Å². The van der Waals surface area contributed by atoms with Crippen molar-refractivity contribution in [1.82, 2.24) is 4.31 Å². The third kappa shape index (κ3) is 3.16. The number of hydrogen-bond acceptors (Lipinski definition) is 3. The number of carbonyl (C=O) groups excluding carboxylic acids is 1. The van der Waals surface area contributed by atoms with Crippen molar-refractivity contribution < 1.29 is 13.7 Å². The molecule has 6 heteroatoms. The lowest BCUT2D eigenvalue weighted by Gasteiger charge is -2.35. The summed E-state index contributed by atoms with van der Waals surface area (Å²) < 4.78 is 17.7. The standard InChI is InChI=1S/C9H17NO3S.ClH/c1-4-13-8(11)9(2,3)14(12)10-6-5-7-10;/h4-7H2,1-3H3;1H. The zero-order valence-corrected chi connectivity index (χ0v) is 10.9. The number of nitrogens with zero attached hydrogens (tertiary/aromatic N) is 1. The number of rotatable bonds is 4. The van der Waals surface area contributed by atoms with Crippen LogP contribution in [0.3, 0.4) is 0 Å². The normalized spacial score (nSPS) is 18.6. The molecule has 1 unspecified atom stereocenters. The van der Waals surface area contributed by atoms with Gasteiger partial charge in [-0.25, -0.2) is 8.51 Å². The summed E-state index contributed by atoms with van der Waals surface area (Å²) in [6.07, 6.45) is 1.06. The van der Waals surface area contributed by atoms with Crippen molar-refractivity contribution >= 4 is 29.4 Å². The van der Waals surface area contributed by atoms with Gasteiger partial charge in [-0.1, -0.05) is 0 Å². The van der Waals surface area contributed by atoms with Crippen LogP contribution in [-0.4, -0.2) is 38.9 Å². The van der Waals surface area contributed by atoms with Gasteiger partial charge in [0.05, 0.1) is 6.61 Å². The average molecular weight is 256 g/mol. The van der Waals surface area contributed by atoms with E-state index in [2.05, 4.69) is 0 Å². The van der Waals surface area contributed by atoms with Gasteiger partial charge in [-0.05, 0) is 27.2 Å². The minimum absolute atomic E-state index is 0. The molecule has 1 heterocycles. The third-order valence-electron chi connectivity index (χ3n) is 2.25. The Kier molecular flexibility index (Phi) is 5.77. The highest BCUT2D eigenvalue weighted by Crippen LogP contribution is 2.22. The minimum atomic E-state index is -1.26. The van der Waals surface area contributed by atoms with E-state index in [9.17, 15) is 9.00 Å². The van der Waals surface area contributed by atoms with Crippen LogP contribution < -0.4 is 0 Å². The molecule has 0 aromatic carbocycles. The highest BCUT2D eigenvalue weighted by Gasteiger charge is 2.41. The van der Waals surface area contributed by atoms with E-state index in [1.165, 1.54) is 0 Å². The van der Waals surface area contributed by atoms with Crippen LogP contribution in [0.15, 0.2) is 0 Å². The van der Waals surface area contributed by atoms with Gasteiger partial charge in [0.15, 0.2) is 4.75 Å². The van der Waals surface area contributed by atoms with Crippen LogP contribution in [0.4, 0.5) is 0 Å². The summed E-state index contributed by atoms with van der Waals surface area (Å²) in [5.74, 6) is -0.384. The van der Waals surface area contributed by atoms with Crippen LogP contribution in [0.25, 0.3) is 0 Å². The van der Waals surface area contributed by atoms with Crippen molar-refractivity contribution in [1.29, 1.82) is 0 Å². The Morgan fingerprint density at radius 2 is 2.00 bits per heavy atom. The Morgan fingerprint density at radius 1 is 1.47 bits per heavy atom. The molecule has 15 heavy (non-hydrogen) atoms. The Balaban J connectivity index is 0.00000196. The Labute approximate surface area is 99.4 Å². The number of esters is 1. The average Bonchev–Trinajstić information content (AvgIpc) is 2.01. The summed E-state index contributed by atoms with van der Waals surface area (Å²) in [4.78, 5) is 11.5. The van der Waals surface area contributed by atoms with Crippen LogP contribution in [-0.2, 0) is 20.5 Å². The Bertz CT molecular complexity index is 254. The van der Waals surface area contributed by atoms with Crippen LogP contribution in [0, 0.1) is 0 Å². The molecule has 90 valence electrons. The highest BCUT2D eigenvalue weighted by molar-refractivity contribution is 7.85. The predicted molar refractivity (Wildman–Crippen MR) is 62.3 cm³/mol. The van der Waals surface area contributed by atoms with E-state index in [0.717, 1.165) is 19.5 Å². The number of hydrogen-bond donors (Lipinski definition) is 0. The summed E-state index contributed by atoms with van der Waals surface area (Å²) in [7, 11) is -1.26. The summed E-state index contributed by atoms with van der Waals surface area (Å²) in [5.41, 5.74) is 0. The Morgan fingerprint density at radius 3 is 2.33 bits per heavy atom. The zero-order valence-electron chi connectivity index (χ0n) is 9.32. The first-order valence-corrected chi connectivity index (χ1v) is 5.95. The summed E-state index contributed by atoms with van der Waals surface area (Å²) in [5, 5.41) is 0. The monoisotopic (exact) mass is 255 g/mol. The van der Waals surface area contributed by atoms with Gasteiger partial charge in [-0.15, -0.1) is 12.4 Å². The van der Waals surface area contributed by atoms with Gasteiger partial charge in [-0.2, -0.15) is 0 Å². The van der Waals surface area contributed by atoms with Crippen molar-refractivity contribution in [2.24, 2.45) is 0 Å². The summed E-state index contributed by atoms with van der Waals surface area (Å²) in [6.45, 7) is 7.05. The molecule has 1 aliphatic rings. The third-order valence-corrected chi connectivity index (χ3v) is 4.13. The van der Waals surface area contributed by atoms with Crippen molar-refractivity contribution in [2.45, 2.75) is 31.9 Å². The van der Waals surface area contributed by atoms with Crippen LogP contribution in [0.1, 0.15) is 27.2 Å². The molecule has 1 fully saturated rings. The second-order valence-electron chi connectivity index (χ2n) is 3.76. The molecule has 0 saturated carbocycles. The molecule has 0 N–H and O–H groups in total. The maximum absolute atomic E-state index is 11.9. The molecular weight excluding hydrogens is 238 g/mol. The smallest absolute Gasteiger partial charge is 0.325 e. The van der Waals surface area contributed by atoms with Gasteiger partial charge < -0.3 is 4.74 Å². The molecule has 0 aromatic rings. The first kappa shape index (κ1) is 14.9. The Hall–Kier alpha value is -0.130. The summed E-state index contributed by atoms with van der Waals surface area (Å²) in [6, 6.07) is 0. The molecule has 0 aromatic heterocycles. The molecule has 0 amide bonds. The highest BCUT2D eigenvalue weighted by atomic mass is 35.5. The first-order valence-electron chi connectivity index (χ1n) is 4.84. The molecule has 0 aliphatic carbocycles. The van der Waals surface area contributed by atoms with Crippen molar-refractivity contribution in [2.75, 3.05) is 19.7 Å². The molecule has 1 aliphatic heterocycles. The molecule has 1 saturated heterocycles. The van der Waals surface area contributed by atoms with E-state index < -0.39 is 15.7 Å². The van der Waals surface area contributed by atoms with Gasteiger partial charge in [0, 0.05) is 13.1 Å². The van der Waals surface area contributed by atoms with E-state index in [1.54, 1.807) is 25.1 Å². The zero-order chi connectivity index (χ0) is 10.8. The topological polar surface area (TPSA) is 46.6 Å². The van der Waals surface area contributed by atoms with Gasteiger partial charge in [0.1, 0.15) is 11.0 Å². The number of ether oxygens (including phenoxy) is 1. The van der Waals surface area contributed by atoms with E-state index in [1.807, 2.05) is 0 Å². The lowest BCUT2D eigenvalue weighted by molar-refractivity contribution is -0.145. The van der Waals surface area contributed by atoms with Gasteiger partial charge >= 0.3 is 5.97 Å². The minimum Gasteiger partial charge on any atom is -0.465 e. The fourth-order valence-corrected chi connectivity index (χ4v) is 2.59. The van der Waals surface area contributed by atoms with E-state index >= 15 is 0 Å². The maximum atomic E-state index is 11.9. The predicted octanol–water partition coefficient (Wildman–Crippen LogP) is 1.12. The lowest BCUT2D eigenvalue weighted by Crippen LogP contribution is -2.50. The van der Waals surface area contributed by atoms with E-state index in [4.69, 9.17) is 4.74 Å². The molecule has 0 bridgehead atoms. The molecule has 0 spiro atoms. The van der Waals surface area contributed by atoms with E-state index in [-0.39, 0.29) is 18.4 Å². The second kappa shape index (κ2) is 5.82. The van der Waals surface area contributed by atoms with Gasteiger partial charge in [0.25, 0.3) is 0 Å². The first-order chi connectivity index (χ1) is 6.50. The van der Waals surface area contributed by atoms with E-state index in [0.29, 0.717) is 6.61 Å². The SMILES string of the molecule is CCOC(=O)C(C)(C)S(=O)N1CCC1.Cl. The summed E-state index contributed by atoms with van der Waals surface area (Å²) >= 11 is 0. The largest absolute Gasteiger partial charge is 0.465 e.